The summed E-state index contributed by atoms with van der Waals surface area (Å²) in [5.74, 6) is 1.72. The molecule has 0 saturated carbocycles. The van der Waals surface area contributed by atoms with E-state index in [9.17, 15) is 4.79 Å². The quantitative estimate of drug-likeness (QED) is 0.633. The average Bonchev–Trinajstić information content (AvgIpc) is 2.80. The molecule has 0 radical (unpaired) electrons. The van der Waals surface area contributed by atoms with Crippen LogP contribution in [-0.4, -0.2) is 32.5 Å². The molecule has 1 heterocycles. The largest absolute Gasteiger partial charge is 0.457 e. The Morgan fingerprint density at radius 1 is 0.933 bits per heavy atom. The van der Waals surface area contributed by atoms with E-state index in [-0.39, 0.29) is 0 Å². The lowest BCUT2D eigenvalue weighted by Gasteiger charge is -2.37. The predicted octanol–water partition coefficient (Wildman–Crippen LogP) is 4.07. The highest BCUT2D eigenvalue weighted by Crippen LogP contribution is 2.23. The van der Waals surface area contributed by atoms with Crippen LogP contribution in [0.5, 0.6) is 11.5 Å². The first kappa shape index (κ1) is 20.2. The molecule has 1 atom stereocenters. The van der Waals surface area contributed by atoms with E-state index >= 15 is 0 Å². The van der Waals surface area contributed by atoms with Crippen molar-refractivity contribution in [2.75, 3.05) is 31.1 Å². The number of nitrogens with zero attached hydrogens (tertiary/aromatic N) is 1. The molecule has 1 fully saturated rings. The van der Waals surface area contributed by atoms with Crippen LogP contribution in [0, 0.1) is 6.92 Å². The van der Waals surface area contributed by atoms with Gasteiger partial charge in [0.1, 0.15) is 23.8 Å². The third kappa shape index (κ3) is 4.55. The summed E-state index contributed by atoms with van der Waals surface area (Å²) in [4.78, 5) is 15.0. The van der Waals surface area contributed by atoms with Gasteiger partial charge in [-0.05, 0) is 74.0 Å². The van der Waals surface area contributed by atoms with Crippen LogP contribution >= 0.6 is 0 Å². The molecule has 1 aliphatic heterocycles. The number of ether oxygens (including phenoxy) is 1. The molecule has 154 valence electrons. The van der Waals surface area contributed by atoms with Crippen molar-refractivity contribution in [2.24, 2.45) is 0 Å². The van der Waals surface area contributed by atoms with Crippen molar-refractivity contribution in [2.45, 2.75) is 19.9 Å². The fourth-order valence-electron chi connectivity index (χ4n) is 4.26. The molecule has 0 bridgehead atoms. The molecule has 0 amide bonds. The van der Waals surface area contributed by atoms with Crippen LogP contribution in [0.4, 0.5) is 5.69 Å². The van der Waals surface area contributed by atoms with E-state index in [4.69, 9.17) is 4.74 Å². The fourth-order valence-corrected chi connectivity index (χ4v) is 4.26. The lowest BCUT2D eigenvalue weighted by molar-refractivity contribution is -0.930. The van der Waals surface area contributed by atoms with E-state index in [1.165, 1.54) is 16.8 Å². The van der Waals surface area contributed by atoms with Crippen molar-refractivity contribution in [1.29, 1.82) is 0 Å². The molecular weight excluding hydrogens is 372 g/mol. The Morgan fingerprint density at radius 3 is 2.23 bits per heavy atom. The molecule has 4 nitrogen and oxygen atoms in total. The normalized spacial score (nSPS) is 15.6. The van der Waals surface area contributed by atoms with Crippen LogP contribution < -0.4 is 14.5 Å². The monoisotopic (exact) mass is 401 g/mol. The maximum Gasteiger partial charge on any atom is 0.150 e. The summed E-state index contributed by atoms with van der Waals surface area (Å²) in [5.41, 5.74) is 4.50. The van der Waals surface area contributed by atoms with Crippen LogP contribution in [0.25, 0.3) is 0 Å². The molecule has 0 aromatic heterocycles. The van der Waals surface area contributed by atoms with E-state index in [1.54, 1.807) is 4.90 Å². The molecule has 0 spiro atoms. The summed E-state index contributed by atoms with van der Waals surface area (Å²) in [5, 5.41) is 0. The standard InChI is InChI=1S/C26H28N2O2/c1-20-18-22(19-29)8-13-26(20)28-16-14-27(15-17-28)21(2)23-9-11-25(12-10-23)30-24-6-4-3-5-7-24/h3-13,18-19,21H,14-17H2,1-2H3/p+1/t21-/m1/s1. The van der Waals surface area contributed by atoms with Crippen LogP contribution in [-0.2, 0) is 0 Å². The van der Waals surface area contributed by atoms with Gasteiger partial charge >= 0.3 is 0 Å². The minimum Gasteiger partial charge on any atom is -0.457 e. The first-order chi connectivity index (χ1) is 14.6. The Hall–Kier alpha value is -3.11. The Kier molecular flexibility index (Phi) is 6.15. The zero-order valence-corrected chi connectivity index (χ0v) is 17.7. The van der Waals surface area contributed by atoms with Gasteiger partial charge in [-0.1, -0.05) is 18.2 Å². The molecule has 1 N–H and O–H groups in total. The summed E-state index contributed by atoms with van der Waals surface area (Å²) in [6, 6.07) is 24.8. The molecule has 3 aromatic rings. The van der Waals surface area contributed by atoms with Gasteiger partial charge < -0.3 is 14.5 Å². The molecule has 0 unspecified atom stereocenters. The number of carbonyl (C=O) groups is 1. The number of anilines is 1. The molecule has 4 heteroatoms. The van der Waals surface area contributed by atoms with Gasteiger partial charge in [-0.3, -0.25) is 4.79 Å². The van der Waals surface area contributed by atoms with Crippen LogP contribution in [0.1, 0.15) is 34.5 Å². The summed E-state index contributed by atoms with van der Waals surface area (Å²) < 4.78 is 5.91. The molecule has 30 heavy (non-hydrogen) atoms. The second kappa shape index (κ2) is 9.14. The number of aryl methyl sites for hydroxylation is 1. The van der Waals surface area contributed by atoms with E-state index in [1.807, 2.05) is 42.5 Å². The Morgan fingerprint density at radius 2 is 1.60 bits per heavy atom. The fraction of sp³-hybridized carbons (Fsp3) is 0.269. The molecule has 3 aromatic carbocycles. The summed E-state index contributed by atoms with van der Waals surface area (Å²) >= 11 is 0. The number of para-hydroxylation sites is 1. The molecule has 1 aliphatic rings. The van der Waals surface area contributed by atoms with E-state index < -0.39 is 0 Å². The van der Waals surface area contributed by atoms with Crippen molar-refractivity contribution < 1.29 is 14.4 Å². The number of nitrogens with one attached hydrogen (secondary N) is 1. The van der Waals surface area contributed by atoms with Gasteiger partial charge in [0.15, 0.2) is 0 Å². The number of quaternary nitrogens is 1. The Bertz CT molecular complexity index is 978. The number of carbonyl (C=O) groups excluding carboxylic acids is 1. The third-order valence-corrected chi connectivity index (χ3v) is 6.07. The van der Waals surface area contributed by atoms with Gasteiger partial charge in [0.25, 0.3) is 0 Å². The second-order valence-electron chi connectivity index (χ2n) is 8.01. The van der Waals surface area contributed by atoms with Crippen LogP contribution in [0.3, 0.4) is 0 Å². The summed E-state index contributed by atoms with van der Waals surface area (Å²) in [7, 11) is 0. The van der Waals surface area contributed by atoms with E-state index in [2.05, 4.69) is 49.1 Å². The van der Waals surface area contributed by atoms with E-state index in [0.717, 1.165) is 49.5 Å². The number of aldehydes is 1. The second-order valence-corrected chi connectivity index (χ2v) is 8.01. The predicted molar refractivity (Wildman–Crippen MR) is 121 cm³/mol. The van der Waals surface area contributed by atoms with E-state index in [0.29, 0.717) is 6.04 Å². The lowest BCUT2D eigenvalue weighted by Crippen LogP contribution is -3.14. The minimum absolute atomic E-state index is 0.441. The van der Waals surface area contributed by atoms with Crippen LogP contribution in [0.15, 0.2) is 72.8 Å². The van der Waals surface area contributed by atoms with Gasteiger partial charge in [-0.25, -0.2) is 0 Å². The molecular formula is C26H29N2O2+. The van der Waals surface area contributed by atoms with Crippen molar-refractivity contribution in [3.63, 3.8) is 0 Å². The van der Waals surface area contributed by atoms with Crippen molar-refractivity contribution in [3.8, 4) is 11.5 Å². The minimum atomic E-state index is 0.441. The van der Waals surface area contributed by atoms with Crippen LogP contribution in [0.2, 0.25) is 0 Å². The SMILES string of the molecule is Cc1cc(C=O)ccc1N1CC[NH+]([C@H](C)c2ccc(Oc3ccccc3)cc2)CC1. The number of hydrogen-bond acceptors (Lipinski definition) is 3. The number of benzene rings is 3. The smallest absolute Gasteiger partial charge is 0.150 e. The molecule has 4 rings (SSSR count). The maximum atomic E-state index is 11.0. The highest BCUT2D eigenvalue weighted by Gasteiger charge is 2.26. The molecule has 0 aliphatic carbocycles. The zero-order chi connectivity index (χ0) is 20.9. The van der Waals surface area contributed by atoms with Gasteiger partial charge in [-0.2, -0.15) is 0 Å². The van der Waals surface area contributed by atoms with Gasteiger partial charge in [0, 0.05) is 16.8 Å². The average molecular weight is 402 g/mol. The Labute approximate surface area is 178 Å². The summed E-state index contributed by atoms with van der Waals surface area (Å²) in [6.45, 7) is 8.63. The van der Waals surface area contributed by atoms with Crippen molar-refractivity contribution >= 4 is 12.0 Å². The van der Waals surface area contributed by atoms with Gasteiger partial charge in [-0.15, -0.1) is 0 Å². The third-order valence-electron chi connectivity index (χ3n) is 6.07. The zero-order valence-electron chi connectivity index (χ0n) is 17.7. The van der Waals surface area contributed by atoms with Gasteiger partial charge in [0.2, 0.25) is 0 Å². The summed E-state index contributed by atoms with van der Waals surface area (Å²) in [6.07, 6.45) is 0.913. The number of rotatable bonds is 6. The van der Waals surface area contributed by atoms with Crippen molar-refractivity contribution in [1.82, 2.24) is 0 Å². The lowest BCUT2D eigenvalue weighted by atomic mass is 10.0. The highest BCUT2D eigenvalue weighted by molar-refractivity contribution is 5.77. The van der Waals surface area contributed by atoms with Gasteiger partial charge in [0.05, 0.1) is 26.2 Å². The first-order valence-corrected chi connectivity index (χ1v) is 10.6. The number of hydrogen-bond donors (Lipinski definition) is 1. The maximum absolute atomic E-state index is 11.0. The van der Waals surface area contributed by atoms with Crippen molar-refractivity contribution in [3.05, 3.63) is 89.5 Å². The molecule has 1 saturated heterocycles. The Balaban J connectivity index is 1.36. The highest BCUT2D eigenvalue weighted by atomic mass is 16.5. The first-order valence-electron chi connectivity index (χ1n) is 10.6. The number of piperazine rings is 1. The topological polar surface area (TPSA) is 34.0 Å².